The zero-order chi connectivity index (χ0) is 16.3. The number of hydrogen-bond acceptors (Lipinski definition) is 6. The average molecular weight is 311 g/mol. The maximum atomic E-state index is 13.5. The Morgan fingerprint density at radius 3 is 2.64 bits per heavy atom. The summed E-state index contributed by atoms with van der Waals surface area (Å²) in [7, 11) is 1.06. The maximum absolute atomic E-state index is 13.5. The molecule has 0 atom stereocenters. The molecule has 0 aliphatic heterocycles. The summed E-state index contributed by atoms with van der Waals surface area (Å²) in [6, 6.07) is 2.84. The first kappa shape index (κ1) is 15.4. The Hall–Kier alpha value is -2.97. The van der Waals surface area contributed by atoms with Gasteiger partial charge in [-0.25, -0.2) is 14.2 Å². The van der Waals surface area contributed by atoms with Gasteiger partial charge >= 0.3 is 5.97 Å². The second-order valence-electron chi connectivity index (χ2n) is 3.89. The van der Waals surface area contributed by atoms with Crippen LogP contribution < -0.4 is 4.74 Å². The molecule has 1 aromatic carbocycles. The van der Waals surface area contributed by atoms with Gasteiger partial charge in [0.05, 0.1) is 7.11 Å². The van der Waals surface area contributed by atoms with Crippen molar-refractivity contribution in [3.05, 3.63) is 47.7 Å². The molecule has 0 bridgehead atoms. The highest BCUT2D eigenvalue weighted by Crippen LogP contribution is 2.27. The van der Waals surface area contributed by atoms with Gasteiger partial charge in [0.25, 0.3) is 11.8 Å². The van der Waals surface area contributed by atoms with Crippen LogP contribution in [0.3, 0.4) is 0 Å². The lowest BCUT2D eigenvalue weighted by molar-refractivity contribution is -0.132. The minimum absolute atomic E-state index is 0.174. The van der Waals surface area contributed by atoms with Gasteiger partial charge in [-0.3, -0.25) is 5.41 Å². The van der Waals surface area contributed by atoms with Gasteiger partial charge in [-0.05, 0) is 12.1 Å². The number of nitrogens with zero attached hydrogens (tertiary/aromatic N) is 2. The Balaban J connectivity index is 2.46. The molecule has 1 N–H and O–H groups in total. The fourth-order valence-corrected chi connectivity index (χ4v) is 1.51. The predicted molar refractivity (Wildman–Crippen MR) is 67.3 cm³/mol. The van der Waals surface area contributed by atoms with Crippen molar-refractivity contribution in [3.8, 4) is 11.6 Å². The quantitative estimate of drug-likeness (QED) is 0.531. The number of carbonyl (C=O) groups is 1. The molecule has 2 aromatic rings. The van der Waals surface area contributed by atoms with Crippen LogP contribution in [0.25, 0.3) is 0 Å². The van der Waals surface area contributed by atoms with Crippen LogP contribution in [0.5, 0.6) is 11.6 Å². The minimum atomic E-state index is -1.48. The van der Waals surface area contributed by atoms with Crippen molar-refractivity contribution in [2.75, 3.05) is 7.11 Å². The number of aromatic nitrogens is 2. The van der Waals surface area contributed by atoms with Crippen LogP contribution in [0.2, 0.25) is 0 Å². The molecular weight excluding hydrogens is 303 g/mol. The number of nitrogens with one attached hydrogen (secondary N) is 1. The van der Waals surface area contributed by atoms with Crippen molar-refractivity contribution in [2.45, 2.75) is 0 Å². The molecule has 114 valence electrons. The second kappa shape index (κ2) is 6.20. The molecule has 1 aromatic heterocycles. The summed E-state index contributed by atoms with van der Waals surface area (Å²) in [6.45, 7) is 0. The van der Waals surface area contributed by atoms with Crippen molar-refractivity contribution in [1.82, 2.24) is 9.97 Å². The van der Waals surface area contributed by atoms with E-state index in [0.717, 1.165) is 25.3 Å². The molecule has 0 spiro atoms. The third-order valence-electron chi connectivity index (χ3n) is 2.52. The molecule has 0 unspecified atom stereocenters. The molecule has 9 heteroatoms. The van der Waals surface area contributed by atoms with Gasteiger partial charge in [-0.1, -0.05) is 0 Å². The van der Waals surface area contributed by atoms with E-state index < -0.39 is 40.9 Å². The number of hydrogen-bond donors (Lipinski definition) is 1. The largest absolute Gasteiger partial charge is 0.464 e. The minimum Gasteiger partial charge on any atom is -0.464 e. The van der Waals surface area contributed by atoms with E-state index in [9.17, 15) is 18.0 Å². The predicted octanol–water partition coefficient (Wildman–Crippen LogP) is 2.23. The molecule has 0 aliphatic carbocycles. The van der Waals surface area contributed by atoms with Crippen LogP contribution in [0.4, 0.5) is 13.2 Å². The summed E-state index contributed by atoms with van der Waals surface area (Å²) >= 11 is 0. The molecule has 0 aliphatic rings. The first-order valence-electron chi connectivity index (χ1n) is 5.74. The third kappa shape index (κ3) is 3.03. The van der Waals surface area contributed by atoms with Gasteiger partial charge in [-0.15, -0.1) is 0 Å². The normalized spacial score (nSPS) is 10.2. The average Bonchev–Trinajstić information content (AvgIpc) is 2.50. The van der Waals surface area contributed by atoms with E-state index in [-0.39, 0.29) is 5.56 Å². The molecule has 1 heterocycles. The summed E-state index contributed by atoms with van der Waals surface area (Å²) in [5.41, 5.74) is -0.820. The highest BCUT2D eigenvalue weighted by atomic mass is 19.2. The first-order chi connectivity index (χ1) is 10.4. The number of esters is 1. The fourth-order valence-electron chi connectivity index (χ4n) is 1.51. The van der Waals surface area contributed by atoms with Crippen molar-refractivity contribution < 1.29 is 27.4 Å². The van der Waals surface area contributed by atoms with Crippen molar-refractivity contribution in [1.29, 1.82) is 5.41 Å². The van der Waals surface area contributed by atoms with Crippen LogP contribution >= 0.6 is 0 Å². The lowest BCUT2D eigenvalue weighted by atomic mass is 10.1. The summed E-state index contributed by atoms with van der Waals surface area (Å²) in [5.74, 6) is -5.92. The molecule has 0 amide bonds. The Bertz CT molecular complexity index is 753. The summed E-state index contributed by atoms with van der Waals surface area (Å²) in [4.78, 5) is 17.7. The Labute approximate surface area is 122 Å². The Morgan fingerprint density at radius 1 is 1.23 bits per heavy atom. The molecule has 6 nitrogen and oxygen atoms in total. The van der Waals surface area contributed by atoms with Crippen LogP contribution in [0, 0.1) is 23.0 Å². The number of benzene rings is 1. The zero-order valence-electron chi connectivity index (χ0n) is 11.1. The first-order valence-corrected chi connectivity index (χ1v) is 5.74. The molecule has 22 heavy (non-hydrogen) atoms. The summed E-state index contributed by atoms with van der Waals surface area (Å²) < 4.78 is 49.1. The van der Waals surface area contributed by atoms with Crippen LogP contribution in [-0.4, -0.2) is 28.8 Å². The lowest BCUT2D eigenvalue weighted by Gasteiger charge is -2.11. The van der Waals surface area contributed by atoms with E-state index in [1.165, 1.54) is 0 Å². The van der Waals surface area contributed by atoms with E-state index in [0.29, 0.717) is 6.33 Å². The number of carbonyl (C=O) groups excluding carboxylic acids is 1. The SMILES string of the molecule is COC(=O)C(=N)c1ccc(F)cc1Oc1ncnc(F)c1F. The van der Waals surface area contributed by atoms with Crippen LogP contribution in [0.15, 0.2) is 24.5 Å². The molecule has 0 fully saturated rings. The number of halogens is 3. The fraction of sp³-hybridized carbons (Fsp3) is 0.0769. The van der Waals surface area contributed by atoms with Crippen LogP contribution in [0.1, 0.15) is 5.56 Å². The molecule has 0 saturated carbocycles. The Morgan fingerprint density at radius 2 is 1.95 bits per heavy atom. The van der Waals surface area contributed by atoms with Gasteiger partial charge in [0.15, 0.2) is 5.71 Å². The van der Waals surface area contributed by atoms with Crippen molar-refractivity contribution in [2.24, 2.45) is 0 Å². The smallest absolute Gasteiger partial charge is 0.356 e. The monoisotopic (exact) mass is 311 g/mol. The third-order valence-corrected chi connectivity index (χ3v) is 2.52. The topological polar surface area (TPSA) is 85.2 Å². The van der Waals surface area contributed by atoms with E-state index in [1.54, 1.807) is 0 Å². The zero-order valence-corrected chi connectivity index (χ0v) is 11.1. The number of methoxy groups -OCH3 is 1. The van der Waals surface area contributed by atoms with Gasteiger partial charge in [0.1, 0.15) is 17.9 Å². The lowest BCUT2D eigenvalue weighted by Crippen LogP contribution is -2.16. The van der Waals surface area contributed by atoms with Gasteiger partial charge in [0, 0.05) is 11.6 Å². The molecule has 0 radical (unpaired) electrons. The summed E-state index contributed by atoms with van der Waals surface area (Å²) in [5, 5.41) is 7.63. The Kier molecular flexibility index (Phi) is 4.35. The number of rotatable bonds is 4. The highest BCUT2D eigenvalue weighted by molar-refractivity contribution is 6.42. The molecule has 0 saturated heterocycles. The van der Waals surface area contributed by atoms with Crippen molar-refractivity contribution in [3.63, 3.8) is 0 Å². The maximum Gasteiger partial charge on any atom is 0.356 e. The van der Waals surface area contributed by atoms with E-state index in [4.69, 9.17) is 10.1 Å². The molecule has 2 rings (SSSR count). The summed E-state index contributed by atoms with van der Waals surface area (Å²) in [6.07, 6.45) is 0.707. The van der Waals surface area contributed by atoms with E-state index in [2.05, 4.69) is 14.7 Å². The van der Waals surface area contributed by atoms with Gasteiger partial charge in [0.2, 0.25) is 5.82 Å². The second-order valence-corrected chi connectivity index (χ2v) is 3.89. The van der Waals surface area contributed by atoms with Gasteiger partial charge in [-0.2, -0.15) is 13.8 Å². The number of ether oxygens (including phenoxy) is 2. The van der Waals surface area contributed by atoms with E-state index in [1.807, 2.05) is 0 Å². The molecular formula is C13H8F3N3O3. The van der Waals surface area contributed by atoms with E-state index >= 15 is 0 Å². The standard InChI is InChI=1S/C13H8F3N3O3/c1-21-13(20)10(17)7-3-2-6(14)4-8(7)22-12-9(15)11(16)18-5-19-12/h2-5,17H,1H3. The van der Waals surface area contributed by atoms with Gasteiger partial charge < -0.3 is 9.47 Å². The highest BCUT2D eigenvalue weighted by Gasteiger charge is 2.20. The van der Waals surface area contributed by atoms with Crippen molar-refractivity contribution >= 4 is 11.7 Å². The van der Waals surface area contributed by atoms with Crippen LogP contribution in [-0.2, 0) is 9.53 Å².